The van der Waals surface area contributed by atoms with E-state index in [0.29, 0.717) is 6.04 Å². The summed E-state index contributed by atoms with van der Waals surface area (Å²) in [7, 11) is 0. The predicted molar refractivity (Wildman–Crippen MR) is 74.3 cm³/mol. The summed E-state index contributed by atoms with van der Waals surface area (Å²) in [6.07, 6.45) is 3.48. The second kappa shape index (κ2) is 5.42. The third-order valence-corrected chi connectivity index (χ3v) is 3.87. The molecule has 0 saturated carbocycles. The van der Waals surface area contributed by atoms with E-state index in [4.69, 9.17) is 5.73 Å². The summed E-state index contributed by atoms with van der Waals surface area (Å²) >= 11 is 0. The highest BCUT2D eigenvalue weighted by atomic mass is 16.2. The van der Waals surface area contributed by atoms with Crippen LogP contribution in [0.2, 0.25) is 0 Å². The molecule has 0 spiro atoms. The van der Waals surface area contributed by atoms with Crippen molar-refractivity contribution in [3.8, 4) is 0 Å². The van der Waals surface area contributed by atoms with Gasteiger partial charge in [0.15, 0.2) is 0 Å². The van der Waals surface area contributed by atoms with E-state index in [1.165, 1.54) is 6.42 Å². The van der Waals surface area contributed by atoms with Crippen molar-refractivity contribution in [1.82, 2.24) is 4.90 Å². The number of anilines is 1. The molecule has 2 N–H and O–H groups in total. The number of carbonyl (C=O) groups excluding carboxylic acids is 1. The zero-order chi connectivity index (χ0) is 13.1. The van der Waals surface area contributed by atoms with Crippen LogP contribution in [0.5, 0.6) is 0 Å². The lowest BCUT2D eigenvalue weighted by atomic mass is 9.96. The van der Waals surface area contributed by atoms with Crippen molar-refractivity contribution in [3.05, 3.63) is 29.8 Å². The molecule has 0 bridgehead atoms. The maximum atomic E-state index is 12.5. The smallest absolute Gasteiger partial charge is 0.230 e. The Hall–Kier alpha value is -1.51. The summed E-state index contributed by atoms with van der Waals surface area (Å²) in [6, 6.07) is 8.01. The average molecular weight is 246 g/mol. The summed E-state index contributed by atoms with van der Waals surface area (Å²) in [5, 5.41) is 0. The van der Waals surface area contributed by atoms with Crippen LogP contribution in [0, 0.1) is 0 Å². The molecule has 2 rings (SSSR count). The van der Waals surface area contributed by atoms with Gasteiger partial charge in [0.25, 0.3) is 0 Å². The van der Waals surface area contributed by atoms with Crippen molar-refractivity contribution < 1.29 is 4.79 Å². The number of hydrogen-bond donors (Lipinski definition) is 1. The lowest BCUT2D eigenvalue weighted by Gasteiger charge is -2.35. The van der Waals surface area contributed by atoms with Crippen molar-refractivity contribution >= 4 is 11.6 Å². The first-order valence-corrected chi connectivity index (χ1v) is 6.75. The topological polar surface area (TPSA) is 46.3 Å². The van der Waals surface area contributed by atoms with E-state index in [2.05, 4.69) is 6.92 Å². The van der Waals surface area contributed by atoms with Gasteiger partial charge in [-0.2, -0.15) is 0 Å². The molecule has 1 aromatic rings. The summed E-state index contributed by atoms with van der Waals surface area (Å²) < 4.78 is 0. The average Bonchev–Trinajstić information content (AvgIpc) is 2.37. The van der Waals surface area contributed by atoms with E-state index in [-0.39, 0.29) is 11.8 Å². The minimum Gasteiger partial charge on any atom is -0.399 e. The Balaban J connectivity index is 2.13. The second-order valence-corrected chi connectivity index (χ2v) is 5.27. The third kappa shape index (κ3) is 2.66. The minimum absolute atomic E-state index is 0.103. The molecule has 1 aliphatic heterocycles. The number of benzene rings is 1. The van der Waals surface area contributed by atoms with Crippen molar-refractivity contribution in [2.24, 2.45) is 0 Å². The number of nitrogen functional groups attached to an aromatic ring is 1. The maximum Gasteiger partial charge on any atom is 0.230 e. The molecule has 0 radical (unpaired) electrons. The van der Waals surface area contributed by atoms with E-state index in [1.807, 2.05) is 36.1 Å². The Kier molecular flexibility index (Phi) is 3.90. The van der Waals surface area contributed by atoms with Gasteiger partial charge in [0.2, 0.25) is 5.91 Å². The minimum atomic E-state index is -0.103. The normalized spacial score (nSPS) is 21.7. The van der Waals surface area contributed by atoms with Crippen LogP contribution < -0.4 is 5.73 Å². The zero-order valence-corrected chi connectivity index (χ0v) is 11.2. The van der Waals surface area contributed by atoms with Gasteiger partial charge in [-0.15, -0.1) is 0 Å². The fourth-order valence-corrected chi connectivity index (χ4v) is 2.65. The molecule has 0 aliphatic carbocycles. The number of hydrogen-bond acceptors (Lipinski definition) is 2. The first kappa shape index (κ1) is 12.9. The molecule has 1 heterocycles. The van der Waals surface area contributed by atoms with Crippen molar-refractivity contribution in [2.45, 2.75) is 45.1 Å². The van der Waals surface area contributed by atoms with Crippen molar-refractivity contribution in [3.63, 3.8) is 0 Å². The first-order valence-electron chi connectivity index (χ1n) is 6.75. The summed E-state index contributed by atoms with van der Waals surface area (Å²) in [5.41, 5.74) is 7.51. The highest BCUT2D eigenvalue weighted by Crippen LogP contribution is 2.24. The van der Waals surface area contributed by atoms with E-state index in [9.17, 15) is 4.79 Å². The Morgan fingerprint density at radius 2 is 2.22 bits per heavy atom. The van der Waals surface area contributed by atoms with Gasteiger partial charge in [0, 0.05) is 18.3 Å². The Morgan fingerprint density at radius 1 is 1.44 bits per heavy atom. The van der Waals surface area contributed by atoms with Gasteiger partial charge < -0.3 is 10.6 Å². The van der Waals surface area contributed by atoms with Crippen LogP contribution in [0.25, 0.3) is 0 Å². The quantitative estimate of drug-likeness (QED) is 0.816. The highest BCUT2D eigenvalue weighted by molar-refractivity contribution is 5.84. The largest absolute Gasteiger partial charge is 0.399 e. The van der Waals surface area contributed by atoms with Crippen LogP contribution in [0.1, 0.15) is 44.6 Å². The van der Waals surface area contributed by atoms with E-state index < -0.39 is 0 Å². The van der Waals surface area contributed by atoms with Crippen LogP contribution in [0.3, 0.4) is 0 Å². The van der Waals surface area contributed by atoms with Crippen LogP contribution in [0.4, 0.5) is 5.69 Å². The summed E-state index contributed by atoms with van der Waals surface area (Å²) in [4.78, 5) is 14.5. The van der Waals surface area contributed by atoms with Gasteiger partial charge in [-0.1, -0.05) is 12.1 Å². The van der Waals surface area contributed by atoms with Crippen LogP contribution in [0.15, 0.2) is 24.3 Å². The van der Waals surface area contributed by atoms with Crippen LogP contribution in [-0.2, 0) is 4.79 Å². The molecule has 3 nitrogen and oxygen atoms in total. The molecular weight excluding hydrogens is 224 g/mol. The summed E-state index contributed by atoms with van der Waals surface area (Å²) in [6.45, 7) is 5.01. The van der Waals surface area contributed by atoms with Gasteiger partial charge in [-0.3, -0.25) is 4.79 Å². The Labute approximate surface area is 109 Å². The first-order chi connectivity index (χ1) is 8.59. The predicted octanol–water partition coefficient (Wildman–Crippen LogP) is 2.77. The molecule has 3 heteroatoms. The van der Waals surface area contributed by atoms with Gasteiger partial charge >= 0.3 is 0 Å². The van der Waals surface area contributed by atoms with Gasteiger partial charge in [0.1, 0.15) is 0 Å². The second-order valence-electron chi connectivity index (χ2n) is 5.27. The molecular formula is C15H22N2O. The lowest BCUT2D eigenvalue weighted by molar-refractivity contribution is -0.135. The molecule has 98 valence electrons. The third-order valence-electron chi connectivity index (χ3n) is 3.87. The van der Waals surface area contributed by atoms with E-state index in [0.717, 1.165) is 30.6 Å². The van der Waals surface area contributed by atoms with Crippen molar-refractivity contribution in [1.29, 1.82) is 0 Å². The summed E-state index contributed by atoms with van der Waals surface area (Å²) in [5.74, 6) is 0.127. The fourth-order valence-electron chi connectivity index (χ4n) is 2.65. The molecule has 1 amide bonds. The van der Waals surface area contributed by atoms with Gasteiger partial charge in [-0.25, -0.2) is 0 Å². The molecule has 1 aliphatic rings. The molecule has 2 unspecified atom stereocenters. The zero-order valence-electron chi connectivity index (χ0n) is 11.2. The molecule has 18 heavy (non-hydrogen) atoms. The molecule has 1 fully saturated rings. The van der Waals surface area contributed by atoms with Crippen LogP contribution in [-0.4, -0.2) is 23.4 Å². The number of piperidine rings is 1. The van der Waals surface area contributed by atoms with Gasteiger partial charge in [-0.05, 0) is 50.8 Å². The Bertz CT molecular complexity index is 430. The lowest BCUT2D eigenvalue weighted by Crippen LogP contribution is -2.43. The standard InChI is InChI=1S/C15H22N2O/c1-11-6-3-4-9-17(11)15(18)12(2)13-7-5-8-14(16)10-13/h5,7-8,10-12H,3-4,6,9,16H2,1-2H3. The molecule has 1 saturated heterocycles. The van der Waals surface area contributed by atoms with Crippen molar-refractivity contribution in [2.75, 3.05) is 12.3 Å². The SMILES string of the molecule is CC(C(=O)N1CCCCC1C)c1cccc(N)c1. The number of rotatable bonds is 2. The number of nitrogens with two attached hydrogens (primary N) is 1. The van der Waals surface area contributed by atoms with Gasteiger partial charge in [0.05, 0.1) is 5.92 Å². The maximum absolute atomic E-state index is 12.5. The molecule has 2 atom stereocenters. The number of carbonyl (C=O) groups is 1. The highest BCUT2D eigenvalue weighted by Gasteiger charge is 2.27. The van der Waals surface area contributed by atoms with E-state index >= 15 is 0 Å². The number of amides is 1. The molecule has 1 aromatic carbocycles. The van der Waals surface area contributed by atoms with Crippen LogP contribution >= 0.6 is 0 Å². The Morgan fingerprint density at radius 3 is 2.89 bits per heavy atom. The fraction of sp³-hybridized carbons (Fsp3) is 0.533. The monoisotopic (exact) mass is 246 g/mol. The number of likely N-dealkylation sites (tertiary alicyclic amines) is 1. The number of nitrogens with zero attached hydrogens (tertiary/aromatic N) is 1. The molecule has 0 aromatic heterocycles. The van der Waals surface area contributed by atoms with E-state index in [1.54, 1.807) is 0 Å².